The molecule has 0 bridgehead atoms. The normalized spacial score (nSPS) is 9.71. The molecule has 0 aromatic carbocycles. The Balaban J connectivity index is 0.000000461. The van der Waals surface area contributed by atoms with Crippen LogP contribution < -0.4 is 5.56 Å². The van der Waals surface area contributed by atoms with E-state index in [0.717, 1.165) is 10.9 Å². The molecule has 0 radical (unpaired) electrons. The Kier molecular flexibility index (Phi) is 3.12. The van der Waals surface area contributed by atoms with E-state index in [-0.39, 0.29) is 5.56 Å². The molecule has 14 heavy (non-hydrogen) atoms. The smallest absolute Gasteiger partial charge is 0.274 e. The van der Waals surface area contributed by atoms with Crippen molar-refractivity contribution < 1.29 is 0 Å². The Morgan fingerprint density at radius 2 is 2.00 bits per heavy atom. The number of aryl methyl sites for hydroxylation is 2. The van der Waals surface area contributed by atoms with Crippen molar-refractivity contribution in [1.82, 2.24) is 9.55 Å². The van der Waals surface area contributed by atoms with E-state index in [0.29, 0.717) is 5.52 Å². The summed E-state index contributed by atoms with van der Waals surface area (Å²) < 4.78 is 1.57. The molecule has 2 rings (SSSR count). The first-order valence-corrected chi connectivity index (χ1v) is 4.83. The Morgan fingerprint density at radius 1 is 1.36 bits per heavy atom. The number of fused-ring (bicyclic) bond motifs is 1. The largest absolute Gasteiger partial charge is 0.356 e. The number of hydrogen-bond acceptors (Lipinski definition) is 1. The highest BCUT2D eigenvalue weighted by Crippen LogP contribution is 2.12. The molecule has 3 nitrogen and oxygen atoms in total. The second-order valence-corrected chi connectivity index (χ2v) is 2.99. The number of H-pyrrole nitrogens is 1. The molecule has 0 saturated carbocycles. The van der Waals surface area contributed by atoms with Gasteiger partial charge in [0.2, 0.25) is 0 Å². The minimum Gasteiger partial charge on any atom is -0.356 e. The summed E-state index contributed by atoms with van der Waals surface area (Å²) in [4.78, 5) is 14.4. The van der Waals surface area contributed by atoms with Crippen molar-refractivity contribution in [2.24, 2.45) is 7.05 Å². The highest BCUT2D eigenvalue weighted by Gasteiger charge is 2.02. The van der Waals surface area contributed by atoms with Crippen LogP contribution >= 0.6 is 0 Å². The number of nitrogens with zero attached hydrogens (tertiary/aromatic N) is 1. The molecular weight excluding hydrogens is 176 g/mol. The fourth-order valence-electron chi connectivity index (χ4n) is 1.36. The standard InChI is InChI=1S/C9H10N2O.C2H6/c1-6-5-10-8-7(6)3-4-11(2)9(8)12;1-2/h3-5,10H,1-2H3;1-2H3. The molecular formula is C11H16N2O. The average Bonchev–Trinajstić information content (AvgIpc) is 2.58. The van der Waals surface area contributed by atoms with Gasteiger partial charge in [-0.1, -0.05) is 13.8 Å². The molecule has 76 valence electrons. The van der Waals surface area contributed by atoms with Gasteiger partial charge in [0.1, 0.15) is 5.52 Å². The molecule has 0 amide bonds. The first-order valence-electron chi connectivity index (χ1n) is 4.83. The van der Waals surface area contributed by atoms with Crippen LogP contribution in [-0.4, -0.2) is 9.55 Å². The number of rotatable bonds is 0. The van der Waals surface area contributed by atoms with Gasteiger partial charge < -0.3 is 9.55 Å². The third-order valence-corrected chi connectivity index (χ3v) is 2.13. The average molecular weight is 192 g/mol. The van der Waals surface area contributed by atoms with Gasteiger partial charge in [-0.05, 0) is 18.6 Å². The number of aromatic amines is 1. The molecule has 0 unspecified atom stereocenters. The molecule has 0 fully saturated rings. The highest BCUT2D eigenvalue weighted by atomic mass is 16.1. The van der Waals surface area contributed by atoms with Crippen molar-refractivity contribution in [2.45, 2.75) is 20.8 Å². The van der Waals surface area contributed by atoms with E-state index in [4.69, 9.17) is 0 Å². The summed E-state index contributed by atoms with van der Waals surface area (Å²) in [5, 5.41) is 1.01. The van der Waals surface area contributed by atoms with Gasteiger partial charge in [0.25, 0.3) is 5.56 Å². The predicted octanol–water partition coefficient (Wildman–Crippen LogP) is 2.20. The maximum absolute atomic E-state index is 11.5. The highest BCUT2D eigenvalue weighted by molar-refractivity contribution is 5.81. The second-order valence-electron chi connectivity index (χ2n) is 2.99. The van der Waals surface area contributed by atoms with Crippen LogP contribution in [0.1, 0.15) is 19.4 Å². The zero-order valence-corrected chi connectivity index (χ0v) is 9.09. The van der Waals surface area contributed by atoms with E-state index in [1.807, 2.05) is 33.0 Å². The van der Waals surface area contributed by atoms with Crippen LogP contribution in [0.15, 0.2) is 23.3 Å². The maximum Gasteiger partial charge on any atom is 0.274 e. The summed E-state index contributed by atoms with van der Waals surface area (Å²) in [5.74, 6) is 0. The fourth-order valence-corrected chi connectivity index (χ4v) is 1.36. The van der Waals surface area contributed by atoms with E-state index >= 15 is 0 Å². The van der Waals surface area contributed by atoms with Gasteiger partial charge in [0, 0.05) is 24.8 Å². The van der Waals surface area contributed by atoms with E-state index in [2.05, 4.69) is 4.98 Å². The third-order valence-electron chi connectivity index (χ3n) is 2.13. The van der Waals surface area contributed by atoms with Crippen LogP contribution in [0.2, 0.25) is 0 Å². The lowest BCUT2D eigenvalue weighted by molar-refractivity contribution is 0.870. The molecule has 2 aromatic heterocycles. The minimum absolute atomic E-state index is 0.0283. The van der Waals surface area contributed by atoms with Crippen molar-refractivity contribution in [3.05, 3.63) is 34.4 Å². The van der Waals surface area contributed by atoms with E-state index in [9.17, 15) is 4.79 Å². The van der Waals surface area contributed by atoms with E-state index in [1.54, 1.807) is 17.8 Å². The van der Waals surface area contributed by atoms with Crippen molar-refractivity contribution in [1.29, 1.82) is 0 Å². The van der Waals surface area contributed by atoms with Gasteiger partial charge in [0.15, 0.2) is 0 Å². The monoisotopic (exact) mass is 192 g/mol. The zero-order valence-electron chi connectivity index (χ0n) is 9.09. The quantitative estimate of drug-likeness (QED) is 0.682. The molecule has 1 N–H and O–H groups in total. The number of nitrogens with one attached hydrogen (secondary N) is 1. The molecule has 0 aliphatic carbocycles. The topological polar surface area (TPSA) is 37.8 Å². The summed E-state index contributed by atoms with van der Waals surface area (Å²) in [6.07, 6.45) is 3.64. The van der Waals surface area contributed by atoms with Gasteiger partial charge in [-0.3, -0.25) is 4.79 Å². The first kappa shape index (κ1) is 10.6. The number of hydrogen-bond donors (Lipinski definition) is 1. The second kappa shape index (κ2) is 4.13. The molecule has 0 aliphatic heterocycles. The molecule has 2 heterocycles. The van der Waals surface area contributed by atoms with Gasteiger partial charge in [-0.25, -0.2) is 0 Å². The summed E-state index contributed by atoms with van der Waals surface area (Å²) in [7, 11) is 1.75. The molecule has 3 heteroatoms. The van der Waals surface area contributed by atoms with Crippen LogP contribution in [0, 0.1) is 6.92 Å². The number of aromatic nitrogens is 2. The Morgan fingerprint density at radius 3 is 2.64 bits per heavy atom. The van der Waals surface area contributed by atoms with Crippen LogP contribution in [0.5, 0.6) is 0 Å². The van der Waals surface area contributed by atoms with Crippen LogP contribution in [-0.2, 0) is 7.05 Å². The summed E-state index contributed by atoms with van der Waals surface area (Å²) in [6, 6.07) is 1.95. The van der Waals surface area contributed by atoms with Crippen molar-refractivity contribution >= 4 is 10.9 Å². The summed E-state index contributed by atoms with van der Waals surface area (Å²) >= 11 is 0. The first-order chi connectivity index (χ1) is 6.70. The van der Waals surface area contributed by atoms with Gasteiger partial charge >= 0.3 is 0 Å². The molecule has 0 aliphatic rings. The predicted molar refractivity (Wildman–Crippen MR) is 59.6 cm³/mol. The van der Waals surface area contributed by atoms with Gasteiger partial charge in [0.05, 0.1) is 0 Å². The Bertz CT molecular complexity index is 479. The van der Waals surface area contributed by atoms with Crippen molar-refractivity contribution in [3.8, 4) is 0 Å². The lowest BCUT2D eigenvalue weighted by Crippen LogP contribution is -2.15. The maximum atomic E-state index is 11.5. The molecule has 0 saturated heterocycles. The lowest BCUT2D eigenvalue weighted by atomic mass is 10.2. The lowest BCUT2D eigenvalue weighted by Gasteiger charge is -1.95. The van der Waals surface area contributed by atoms with Crippen molar-refractivity contribution in [2.75, 3.05) is 0 Å². The van der Waals surface area contributed by atoms with Gasteiger partial charge in [-0.2, -0.15) is 0 Å². The minimum atomic E-state index is 0.0283. The van der Waals surface area contributed by atoms with E-state index < -0.39 is 0 Å². The van der Waals surface area contributed by atoms with Crippen LogP contribution in [0.4, 0.5) is 0 Å². The summed E-state index contributed by atoms with van der Waals surface area (Å²) in [5.41, 5.74) is 1.83. The third kappa shape index (κ3) is 1.58. The van der Waals surface area contributed by atoms with Crippen LogP contribution in [0.3, 0.4) is 0 Å². The van der Waals surface area contributed by atoms with Crippen LogP contribution in [0.25, 0.3) is 10.9 Å². The number of pyridine rings is 1. The Labute approximate surface area is 83.4 Å². The molecule has 2 aromatic rings. The fraction of sp³-hybridized carbons (Fsp3) is 0.364. The van der Waals surface area contributed by atoms with Crippen molar-refractivity contribution in [3.63, 3.8) is 0 Å². The summed E-state index contributed by atoms with van der Waals surface area (Å²) in [6.45, 7) is 5.98. The van der Waals surface area contributed by atoms with Gasteiger partial charge in [-0.15, -0.1) is 0 Å². The van der Waals surface area contributed by atoms with E-state index in [1.165, 1.54) is 0 Å². The molecule has 0 atom stereocenters. The molecule has 0 spiro atoms. The SMILES string of the molecule is CC.Cc1c[nH]c2c(=O)n(C)ccc12. The zero-order chi connectivity index (χ0) is 10.7. The Hall–Kier alpha value is -1.51.